The third kappa shape index (κ3) is 11.0. The highest BCUT2D eigenvalue weighted by molar-refractivity contribution is 14.0. The molecule has 0 spiro atoms. The van der Waals surface area contributed by atoms with E-state index in [9.17, 15) is 8.42 Å². The fraction of sp³-hybridized carbons (Fsp3) is 0.611. The van der Waals surface area contributed by atoms with E-state index in [0.717, 1.165) is 12.5 Å². The number of nitrogens with one attached hydrogen (secondary N) is 2. The second-order valence-corrected chi connectivity index (χ2v) is 8.40. The number of benzene rings is 1. The molecule has 0 saturated heterocycles. The summed E-state index contributed by atoms with van der Waals surface area (Å²) in [6.07, 6.45) is 1.21. The van der Waals surface area contributed by atoms with Gasteiger partial charge >= 0.3 is 0 Å². The lowest BCUT2D eigenvalue weighted by Gasteiger charge is -2.24. The van der Waals surface area contributed by atoms with Crippen molar-refractivity contribution < 1.29 is 13.2 Å². The minimum absolute atomic E-state index is 0. The molecule has 2 atom stereocenters. The van der Waals surface area contributed by atoms with Gasteiger partial charge in [-0.15, -0.1) is 24.0 Å². The lowest BCUT2D eigenvalue weighted by atomic mass is 9.94. The summed E-state index contributed by atoms with van der Waals surface area (Å²) < 4.78 is 27.4. The van der Waals surface area contributed by atoms with Crippen molar-refractivity contribution in [1.29, 1.82) is 0 Å². The van der Waals surface area contributed by atoms with Crippen LogP contribution in [0.4, 0.5) is 0 Å². The summed E-state index contributed by atoms with van der Waals surface area (Å²) in [6.45, 7) is 8.19. The molecule has 2 unspecified atom stereocenters. The minimum atomic E-state index is -2.97. The van der Waals surface area contributed by atoms with Gasteiger partial charge in [0, 0.05) is 24.8 Å². The smallest absolute Gasteiger partial charge is 0.191 e. The molecule has 150 valence electrons. The first kappa shape index (κ1) is 25.1. The Morgan fingerprint density at radius 2 is 1.85 bits per heavy atom. The molecule has 2 N–H and O–H groups in total. The molecule has 1 rings (SSSR count). The van der Waals surface area contributed by atoms with Gasteiger partial charge in [-0.05, 0) is 19.4 Å². The normalized spacial score (nSPS) is 14.2. The number of hydrogen-bond acceptors (Lipinski definition) is 4. The quantitative estimate of drug-likeness (QED) is 0.225. The highest BCUT2D eigenvalue weighted by Gasteiger charge is 2.15. The van der Waals surface area contributed by atoms with Gasteiger partial charge in [-0.1, -0.05) is 37.3 Å². The highest BCUT2D eigenvalue weighted by atomic mass is 127. The summed E-state index contributed by atoms with van der Waals surface area (Å²) in [5.41, 5.74) is 1.28. The number of guanidine groups is 1. The van der Waals surface area contributed by atoms with Crippen molar-refractivity contribution in [2.24, 2.45) is 4.99 Å². The van der Waals surface area contributed by atoms with Crippen LogP contribution in [0, 0.1) is 0 Å². The predicted octanol–water partition coefficient (Wildman–Crippen LogP) is 2.41. The second kappa shape index (κ2) is 13.3. The highest BCUT2D eigenvalue weighted by Crippen LogP contribution is 2.18. The third-order valence-corrected chi connectivity index (χ3v) is 4.80. The molecule has 8 heteroatoms. The van der Waals surface area contributed by atoms with Crippen LogP contribution in [0.5, 0.6) is 0 Å². The van der Waals surface area contributed by atoms with Gasteiger partial charge in [0.2, 0.25) is 0 Å². The van der Waals surface area contributed by atoms with E-state index >= 15 is 0 Å². The van der Waals surface area contributed by atoms with Gasteiger partial charge in [-0.2, -0.15) is 0 Å². The van der Waals surface area contributed by atoms with E-state index in [-0.39, 0.29) is 42.4 Å². The van der Waals surface area contributed by atoms with E-state index in [1.165, 1.54) is 11.8 Å². The fourth-order valence-electron chi connectivity index (χ4n) is 2.24. The van der Waals surface area contributed by atoms with Crippen LogP contribution in [-0.4, -0.2) is 58.7 Å². The van der Waals surface area contributed by atoms with Crippen LogP contribution in [-0.2, 0) is 14.6 Å². The maximum atomic E-state index is 11.0. The van der Waals surface area contributed by atoms with Crippen LogP contribution >= 0.6 is 24.0 Å². The first-order chi connectivity index (χ1) is 11.8. The Morgan fingerprint density at radius 3 is 2.42 bits per heavy atom. The van der Waals surface area contributed by atoms with Gasteiger partial charge in [-0.25, -0.2) is 8.42 Å². The summed E-state index contributed by atoms with van der Waals surface area (Å²) in [5.74, 6) is 1.13. The summed E-state index contributed by atoms with van der Waals surface area (Å²) in [5, 5.41) is 6.64. The Bertz CT molecular complexity index is 624. The summed E-state index contributed by atoms with van der Waals surface area (Å²) in [7, 11) is -2.97. The van der Waals surface area contributed by atoms with Crippen LogP contribution in [0.2, 0.25) is 0 Å². The van der Waals surface area contributed by atoms with Gasteiger partial charge in [0.15, 0.2) is 5.96 Å². The van der Waals surface area contributed by atoms with Crippen LogP contribution < -0.4 is 10.6 Å². The fourth-order valence-corrected chi connectivity index (χ4v) is 2.66. The number of hydrogen-bond donors (Lipinski definition) is 2. The maximum absolute atomic E-state index is 11.0. The molecule has 0 aliphatic rings. The number of nitrogens with zero attached hydrogens (tertiary/aromatic N) is 1. The molecule has 26 heavy (non-hydrogen) atoms. The minimum Gasteiger partial charge on any atom is -0.378 e. The van der Waals surface area contributed by atoms with Gasteiger partial charge in [-0.3, -0.25) is 4.99 Å². The van der Waals surface area contributed by atoms with Crippen LogP contribution in [0.1, 0.15) is 32.3 Å². The van der Waals surface area contributed by atoms with Crippen molar-refractivity contribution in [1.82, 2.24) is 10.6 Å². The molecule has 0 aliphatic heterocycles. The topological polar surface area (TPSA) is 79.8 Å². The number of halogens is 1. The van der Waals surface area contributed by atoms with Gasteiger partial charge < -0.3 is 15.4 Å². The second-order valence-electron chi connectivity index (χ2n) is 6.14. The largest absolute Gasteiger partial charge is 0.378 e. The molecule has 0 heterocycles. The molecular formula is C18H32IN3O3S. The van der Waals surface area contributed by atoms with Gasteiger partial charge in [0.25, 0.3) is 0 Å². The summed E-state index contributed by atoms with van der Waals surface area (Å²) in [6, 6.07) is 10.6. The SMILES string of the molecule is CCNC(=NCCOCCS(C)(=O)=O)NC(C)C(C)c1ccccc1.I. The standard InChI is InChI=1S/C18H31N3O3S.HI/c1-5-19-18(20-11-12-24-13-14-25(4,22)23)21-16(3)15(2)17-9-7-6-8-10-17;/h6-10,15-16H,5,11-14H2,1-4H3,(H2,19,20,21);1H. The zero-order valence-electron chi connectivity index (χ0n) is 16.1. The zero-order chi connectivity index (χ0) is 18.7. The maximum Gasteiger partial charge on any atom is 0.191 e. The van der Waals surface area contributed by atoms with Crippen molar-refractivity contribution >= 4 is 39.8 Å². The monoisotopic (exact) mass is 497 g/mol. The summed E-state index contributed by atoms with van der Waals surface area (Å²) in [4.78, 5) is 4.48. The van der Waals surface area contributed by atoms with E-state index in [0.29, 0.717) is 19.1 Å². The van der Waals surface area contributed by atoms with Crippen LogP contribution in [0.3, 0.4) is 0 Å². The Labute approximate surface area is 175 Å². The number of rotatable bonds is 10. The van der Waals surface area contributed by atoms with Crippen molar-refractivity contribution in [2.45, 2.75) is 32.7 Å². The van der Waals surface area contributed by atoms with Crippen LogP contribution in [0.25, 0.3) is 0 Å². The van der Waals surface area contributed by atoms with Crippen molar-refractivity contribution in [3.63, 3.8) is 0 Å². The molecule has 0 amide bonds. The molecule has 0 fully saturated rings. The van der Waals surface area contributed by atoms with Crippen molar-refractivity contribution in [2.75, 3.05) is 38.3 Å². The number of aliphatic imine (C=N–C) groups is 1. The molecule has 0 aliphatic carbocycles. The molecule has 0 saturated carbocycles. The Morgan fingerprint density at radius 1 is 1.19 bits per heavy atom. The number of ether oxygens (including phenoxy) is 1. The van der Waals surface area contributed by atoms with Gasteiger partial charge in [0.05, 0.1) is 25.5 Å². The average Bonchev–Trinajstić information content (AvgIpc) is 2.57. The third-order valence-electron chi connectivity index (χ3n) is 3.89. The predicted molar refractivity (Wildman–Crippen MR) is 119 cm³/mol. The van der Waals surface area contributed by atoms with Gasteiger partial charge in [0.1, 0.15) is 9.84 Å². The van der Waals surface area contributed by atoms with Crippen molar-refractivity contribution in [3.8, 4) is 0 Å². The molecule has 1 aromatic rings. The Hall–Kier alpha value is -0.870. The number of sulfone groups is 1. The molecular weight excluding hydrogens is 465 g/mol. The molecule has 6 nitrogen and oxygen atoms in total. The molecule has 1 aromatic carbocycles. The van der Waals surface area contributed by atoms with E-state index in [1.54, 1.807) is 0 Å². The van der Waals surface area contributed by atoms with Crippen molar-refractivity contribution in [3.05, 3.63) is 35.9 Å². The van der Waals surface area contributed by atoms with E-state index < -0.39 is 9.84 Å². The Balaban J connectivity index is 0.00000625. The first-order valence-electron chi connectivity index (χ1n) is 8.68. The van der Waals surface area contributed by atoms with E-state index in [2.05, 4.69) is 41.6 Å². The zero-order valence-corrected chi connectivity index (χ0v) is 19.2. The lowest BCUT2D eigenvalue weighted by Crippen LogP contribution is -2.44. The summed E-state index contributed by atoms with van der Waals surface area (Å²) >= 11 is 0. The van der Waals surface area contributed by atoms with Crippen LogP contribution in [0.15, 0.2) is 35.3 Å². The lowest BCUT2D eigenvalue weighted by molar-refractivity contribution is 0.157. The molecule has 0 radical (unpaired) electrons. The van der Waals surface area contributed by atoms with E-state index in [1.807, 2.05) is 25.1 Å². The molecule has 0 aromatic heterocycles. The average molecular weight is 497 g/mol. The van der Waals surface area contributed by atoms with E-state index in [4.69, 9.17) is 4.74 Å². The first-order valence-corrected chi connectivity index (χ1v) is 10.7. The Kier molecular flexibility index (Phi) is 12.9. The molecule has 0 bridgehead atoms.